The zero-order valence-electron chi connectivity index (χ0n) is 13.7. The SMILES string of the molecule is CN1CCN(C(=O)COc2ccccc2)CC1c1ccc(F)cc1. The van der Waals surface area contributed by atoms with Gasteiger partial charge in [-0.25, -0.2) is 4.39 Å². The van der Waals surface area contributed by atoms with E-state index in [0.717, 1.165) is 12.1 Å². The molecule has 1 aliphatic heterocycles. The van der Waals surface area contributed by atoms with Crippen LogP contribution in [0.5, 0.6) is 5.75 Å². The van der Waals surface area contributed by atoms with Gasteiger partial charge in [-0.1, -0.05) is 30.3 Å². The van der Waals surface area contributed by atoms with Crippen LogP contribution in [0.4, 0.5) is 4.39 Å². The van der Waals surface area contributed by atoms with Gasteiger partial charge in [-0.05, 0) is 36.9 Å². The second-order valence-electron chi connectivity index (χ2n) is 5.99. The third-order valence-electron chi connectivity index (χ3n) is 4.36. The number of amides is 1. The molecule has 2 aromatic carbocycles. The smallest absolute Gasteiger partial charge is 0.260 e. The number of piperazine rings is 1. The number of halogens is 1. The average Bonchev–Trinajstić information content (AvgIpc) is 2.62. The van der Waals surface area contributed by atoms with Crippen LogP contribution >= 0.6 is 0 Å². The van der Waals surface area contributed by atoms with Gasteiger partial charge in [-0.3, -0.25) is 9.69 Å². The maximum absolute atomic E-state index is 13.1. The Morgan fingerprint density at radius 1 is 1.12 bits per heavy atom. The number of carbonyl (C=O) groups excluding carboxylic acids is 1. The summed E-state index contributed by atoms with van der Waals surface area (Å²) in [4.78, 5) is 16.4. The summed E-state index contributed by atoms with van der Waals surface area (Å²) in [6, 6.07) is 15.9. The van der Waals surface area contributed by atoms with Gasteiger partial charge < -0.3 is 9.64 Å². The molecule has 1 unspecified atom stereocenters. The van der Waals surface area contributed by atoms with Gasteiger partial charge in [0, 0.05) is 19.6 Å². The van der Waals surface area contributed by atoms with Crippen LogP contribution in [-0.2, 0) is 4.79 Å². The Morgan fingerprint density at radius 3 is 2.54 bits per heavy atom. The molecule has 1 aliphatic rings. The van der Waals surface area contributed by atoms with Crippen molar-refractivity contribution in [2.75, 3.05) is 33.3 Å². The topological polar surface area (TPSA) is 32.8 Å². The van der Waals surface area contributed by atoms with Crippen molar-refractivity contribution in [2.24, 2.45) is 0 Å². The number of carbonyl (C=O) groups is 1. The van der Waals surface area contributed by atoms with Crippen LogP contribution in [0.2, 0.25) is 0 Å². The monoisotopic (exact) mass is 328 g/mol. The van der Waals surface area contributed by atoms with E-state index in [9.17, 15) is 9.18 Å². The van der Waals surface area contributed by atoms with Gasteiger partial charge in [0.15, 0.2) is 6.61 Å². The second kappa shape index (κ2) is 7.45. The lowest BCUT2D eigenvalue weighted by molar-refractivity contribution is -0.136. The highest BCUT2D eigenvalue weighted by Gasteiger charge is 2.28. The van der Waals surface area contributed by atoms with Crippen LogP contribution < -0.4 is 4.74 Å². The lowest BCUT2D eigenvalue weighted by atomic mass is 10.0. The highest BCUT2D eigenvalue weighted by atomic mass is 19.1. The number of ether oxygens (including phenoxy) is 1. The summed E-state index contributed by atoms with van der Waals surface area (Å²) < 4.78 is 18.7. The van der Waals surface area contributed by atoms with Crippen molar-refractivity contribution < 1.29 is 13.9 Å². The molecule has 3 rings (SSSR count). The Hall–Kier alpha value is -2.40. The Kier molecular flexibility index (Phi) is 5.11. The van der Waals surface area contributed by atoms with E-state index in [2.05, 4.69) is 4.90 Å². The molecule has 1 saturated heterocycles. The van der Waals surface area contributed by atoms with E-state index < -0.39 is 0 Å². The third kappa shape index (κ3) is 3.92. The molecule has 0 saturated carbocycles. The van der Waals surface area contributed by atoms with Crippen molar-refractivity contribution in [1.29, 1.82) is 0 Å². The molecule has 0 spiro atoms. The number of nitrogens with zero attached hydrogens (tertiary/aromatic N) is 2. The second-order valence-corrected chi connectivity index (χ2v) is 5.99. The maximum atomic E-state index is 13.1. The number of benzene rings is 2. The van der Waals surface area contributed by atoms with Crippen molar-refractivity contribution in [2.45, 2.75) is 6.04 Å². The Morgan fingerprint density at radius 2 is 1.83 bits per heavy atom. The third-order valence-corrected chi connectivity index (χ3v) is 4.36. The number of hydrogen-bond acceptors (Lipinski definition) is 3. The van der Waals surface area contributed by atoms with Gasteiger partial charge in [0.2, 0.25) is 0 Å². The van der Waals surface area contributed by atoms with Crippen molar-refractivity contribution in [3.63, 3.8) is 0 Å². The van der Waals surface area contributed by atoms with E-state index in [1.165, 1.54) is 12.1 Å². The van der Waals surface area contributed by atoms with E-state index in [-0.39, 0.29) is 24.4 Å². The summed E-state index contributed by atoms with van der Waals surface area (Å²) in [6.07, 6.45) is 0. The molecule has 24 heavy (non-hydrogen) atoms. The zero-order valence-corrected chi connectivity index (χ0v) is 13.7. The number of likely N-dealkylation sites (N-methyl/N-ethyl adjacent to an activating group) is 1. The fourth-order valence-electron chi connectivity index (χ4n) is 2.90. The summed E-state index contributed by atoms with van der Waals surface area (Å²) in [5, 5.41) is 0. The zero-order chi connectivity index (χ0) is 16.9. The summed E-state index contributed by atoms with van der Waals surface area (Å²) in [6.45, 7) is 2.06. The standard InChI is InChI=1S/C19H21FN2O2/c1-21-11-12-22(13-18(21)15-7-9-16(20)10-8-15)19(23)14-24-17-5-3-2-4-6-17/h2-10,18H,11-14H2,1H3. The highest BCUT2D eigenvalue weighted by Crippen LogP contribution is 2.24. The van der Waals surface area contributed by atoms with Crippen LogP contribution in [-0.4, -0.2) is 49.0 Å². The van der Waals surface area contributed by atoms with Crippen LogP contribution in [0.1, 0.15) is 11.6 Å². The fraction of sp³-hybridized carbons (Fsp3) is 0.316. The van der Waals surface area contributed by atoms with Crippen LogP contribution in [0, 0.1) is 5.82 Å². The van der Waals surface area contributed by atoms with E-state index in [1.54, 1.807) is 12.1 Å². The summed E-state index contributed by atoms with van der Waals surface area (Å²) in [5.74, 6) is 0.413. The van der Waals surface area contributed by atoms with E-state index in [1.807, 2.05) is 42.3 Å². The molecule has 0 aliphatic carbocycles. The first-order chi connectivity index (χ1) is 11.6. The average molecular weight is 328 g/mol. The molecule has 1 atom stereocenters. The summed E-state index contributed by atoms with van der Waals surface area (Å²) in [7, 11) is 2.02. The quantitative estimate of drug-likeness (QED) is 0.865. The van der Waals surface area contributed by atoms with Gasteiger partial charge in [0.05, 0.1) is 6.04 Å². The van der Waals surface area contributed by atoms with E-state index >= 15 is 0 Å². The lowest BCUT2D eigenvalue weighted by Gasteiger charge is -2.39. The van der Waals surface area contributed by atoms with Gasteiger partial charge in [0.1, 0.15) is 11.6 Å². The molecule has 4 nitrogen and oxygen atoms in total. The molecule has 5 heteroatoms. The molecular weight excluding hydrogens is 307 g/mol. The molecule has 0 bridgehead atoms. The summed E-state index contributed by atoms with van der Waals surface area (Å²) >= 11 is 0. The molecule has 126 valence electrons. The van der Waals surface area contributed by atoms with E-state index in [0.29, 0.717) is 18.8 Å². The Labute approximate surface area is 141 Å². The largest absolute Gasteiger partial charge is 0.484 e. The van der Waals surface area contributed by atoms with Crippen molar-refractivity contribution in [3.05, 3.63) is 66.0 Å². The first-order valence-corrected chi connectivity index (χ1v) is 8.05. The van der Waals surface area contributed by atoms with Crippen molar-refractivity contribution in [3.8, 4) is 5.75 Å². The normalized spacial score (nSPS) is 18.4. The van der Waals surface area contributed by atoms with Crippen LogP contribution in [0.3, 0.4) is 0 Å². The number of hydrogen-bond donors (Lipinski definition) is 0. The molecule has 2 aromatic rings. The first-order valence-electron chi connectivity index (χ1n) is 8.05. The molecule has 0 aromatic heterocycles. The Bertz CT molecular complexity index is 676. The van der Waals surface area contributed by atoms with Crippen LogP contribution in [0.25, 0.3) is 0 Å². The van der Waals surface area contributed by atoms with Gasteiger partial charge in [-0.15, -0.1) is 0 Å². The first kappa shape index (κ1) is 16.5. The molecule has 1 fully saturated rings. The van der Waals surface area contributed by atoms with E-state index in [4.69, 9.17) is 4.74 Å². The minimum atomic E-state index is -0.249. The maximum Gasteiger partial charge on any atom is 0.260 e. The molecular formula is C19H21FN2O2. The van der Waals surface area contributed by atoms with Crippen LogP contribution in [0.15, 0.2) is 54.6 Å². The van der Waals surface area contributed by atoms with Crippen molar-refractivity contribution in [1.82, 2.24) is 9.80 Å². The Balaban J connectivity index is 1.62. The minimum absolute atomic E-state index is 0.0286. The van der Waals surface area contributed by atoms with Gasteiger partial charge >= 0.3 is 0 Å². The minimum Gasteiger partial charge on any atom is -0.484 e. The number of para-hydroxylation sites is 1. The fourth-order valence-corrected chi connectivity index (χ4v) is 2.90. The van der Waals surface area contributed by atoms with Crippen molar-refractivity contribution >= 4 is 5.91 Å². The van der Waals surface area contributed by atoms with Gasteiger partial charge in [-0.2, -0.15) is 0 Å². The number of rotatable bonds is 4. The lowest BCUT2D eigenvalue weighted by Crippen LogP contribution is -2.50. The highest BCUT2D eigenvalue weighted by molar-refractivity contribution is 5.78. The molecule has 1 amide bonds. The molecule has 0 N–H and O–H groups in total. The molecule has 0 radical (unpaired) electrons. The predicted octanol–water partition coefficient (Wildman–Crippen LogP) is 2.72. The summed E-state index contributed by atoms with van der Waals surface area (Å²) in [5.41, 5.74) is 1.01. The predicted molar refractivity (Wildman–Crippen MR) is 90.3 cm³/mol. The van der Waals surface area contributed by atoms with Gasteiger partial charge in [0.25, 0.3) is 5.91 Å². The molecule has 1 heterocycles.